The van der Waals surface area contributed by atoms with Gasteiger partial charge in [0.25, 0.3) is 5.69 Å². The third-order valence-electron chi connectivity index (χ3n) is 8.88. The van der Waals surface area contributed by atoms with Gasteiger partial charge in [-0.05, 0) is 61.2 Å². The molecule has 13 heteroatoms. The first-order chi connectivity index (χ1) is 21.8. The van der Waals surface area contributed by atoms with Gasteiger partial charge in [0, 0.05) is 41.8 Å². The molecule has 0 unspecified atom stereocenters. The van der Waals surface area contributed by atoms with Crippen molar-refractivity contribution in [2.24, 2.45) is 11.8 Å². The minimum absolute atomic E-state index is 0.0150. The molecule has 2 saturated heterocycles. The maximum Gasteiger partial charge on any atom is 0.338 e. The number of hydrogen-bond acceptors (Lipinski definition) is 7. The molecular weight excluding hydrogens is 638 g/mol. The molecule has 10 nitrogen and oxygen atoms in total. The predicted molar refractivity (Wildman–Crippen MR) is 173 cm³/mol. The fourth-order valence-electron chi connectivity index (χ4n) is 6.94. The van der Waals surface area contributed by atoms with E-state index in [9.17, 15) is 24.5 Å². The minimum atomic E-state index is -1.47. The second kappa shape index (κ2) is 13.0. The first-order valence-electron chi connectivity index (χ1n) is 14.7. The number of esters is 1. The smallest absolute Gasteiger partial charge is 0.338 e. The third kappa shape index (κ3) is 5.83. The summed E-state index contributed by atoms with van der Waals surface area (Å²) >= 11 is 12.5. The Morgan fingerprint density at radius 3 is 2.52 bits per heavy atom. The molecule has 2 heterocycles. The maximum absolute atomic E-state index is 16.0. The number of fused-ring (bicyclic) bond motifs is 1. The summed E-state index contributed by atoms with van der Waals surface area (Å²) in [6.07, 6.45) is 0.331. The zero-order valence-electron chi connectivity index (χ0n) is 25.6. The minimum Gasteiger partial charge on any atom is -0.465 e. The highest BCUT2D eigenvalue weighted by Gasteiger charge is 2.64. The molecule has 0 radical (unpaired) electrons. The molecular formula is C33H33Cl2FN4O6. The summed E-state index contributed by atoms with van der Waals surface area (Å²) in [5, 5.41) is 15.4. The third-order valence-corrected chi connectivity index (χ3v) is 9.41. The first kappa shape index (κ1) is 33.3. The number of nitro groups is 1. The van der Waals surface area contributed by atoms with Gasteiger partial charge in [0.05, 0.1) is 28.5 Å². The molecule has 0 aliphatic carbocycles. The van der Waals surface area contributed by atoms with E-state index in [1.165, 1.54) is 29.2 Å². The molecule has 2 fully saturated rings. The van der Waals surface area contributed by atoms with Gasteiger partial charge in [-0.25, -0.2) is 9.18 Å². The Morgan fingerprint density at radius 1 is 1.15 bits per heavy atom. The van der Waals surface area contributed by atoms with E-state index in [0.717, 1.165) is 13.2 Å². The van der Waals surface area contributed by atoms with Crippen LogP contribution in [-0.2, 0) is 14.3 Å². The fraction of sp³-hybridized carbons (Fsp3) is 0.364. The molecule has 2 aliphatic rings. The van der Waals surface area contributed by atoms with E-state index in [0.29, 0.717) is 23.7 Å². The highest BCUT2D eigenvalue weighted by Crippen LogP contribution is 2.54. The van der Waals surface area contributed by atoms with Crippen LogP contribution in [0.3, 0.4) is 0 Å². The van der Waals surface area contributed by atoms with Gasteiger partial charge in [-0.3, -0.25) is 24.6 Å². The van der Waals surface area contributed by atoms with Crippen LogP contribution in [-0.4, -0.2) is 59.4 Å². The standard InChI is InChI=1S/C33H33Cl2FN4O6/c1-18(2)17-39-25-13-14-38(24-12-11-19(31(42)46-4)15-26(24)40(44)45)30(41)27(25)28(22-9-6-10-23(35)29(22)36)33(39,3)32(43)37-21-8-5-7-20(34)16-21/h5-12,15-16,18,25,27-28H,13-14,17H2,1-4H3,(H,37,43)/t25-,27+,28-,33+/m0/s1. The molecule has 242 valence electrons. The summed E-state index contributed by atoms with van der Waals surface area (Å²) in [7, 11) is 1.16. The van der Waals surface area contributed by atoms with E-state index in [2.05, 4.69) is 5.32 Å². The molecule has 5 rings (SSSR count). The molecule has 4 atom stereocenters. The monoisotopic (exact) mass is 670 g/mol. The molecule has 3 aromatic rings. The summed E-state index contributed by atoms with van der Waals surface area (Å²) in [5.41, 5.74) is -1.48. The fourth-order valence-corrected chi connectivity index (χ4v) is 7.31. The molecule has 0 saturated carbocycles. The van der Waals surface area contributed by atoms with Crippen LogP contribution in [0.5, 0.6) is 0 Å². The van der Waals surface area contributed by atoms with Crippen LogP contribution >= 0.6 is 23.2 Å². The van der Waals surface area contributed by atoms with E-state index in [1.54, 1.807) is 37.3 Å². The topological polar surface area (TPSA) is 122 Å². The molecule has 0 bridgehead atoms. The zero-order valence-corrected chi connectivity index (χ0v) is 27.1. The van der Waals surface area contributed by atoms with Crippen LogP contribution < -0.4 is 10.2 Å². The normalized spacial score (nSPS) is 22.9. The number of piperidine rings is 1. The lowest BCUT2D eigenvalue weighted by atomic mass is 9.72. The number of halogens is 3. The number of rotatable bonds is 8. The average molecular weight is 672 g/mol. The summed E-state index contributed by atoms with van der Waals surface area (Å²) in [4.78, 5) is 56.1. The van der Waals surface area contributed by atoms with Crippen molar-refractivity contribution in [2.45, 2.75) is 44.7 Å². The van der Waals surface area contributed by atoms with Crippen LogP contribution in [0.25, 0.3) is 0 Å². The predicted octanol–water partition coefficient (Wildman–Crippen LogP) is 6.70. The second-order valence-electron chi connectivity index (χ2n) is 12.1. The van der Waals surface area contributed by atoms with Crippen molar-refractivity contribution in [3.63, 3.8) is 0 Å². The summed E-state index contributed by atoms with van der Waals surface area (Å²) < 4.78 is 20.7. The molecule has 0 aromatic heterocycles. The van der Waals surface area contributed by atoms with Gasteiger partial charge >= 0.3 is 5.97 Å². The summed E-state index contributed by atoms with van der Waals surface area (Å²) in [6, 6.07) is 14.4. The summed E-state index contributed by atoms with van der Waals surface area (Å²) in [5.74, 6) is -4.47. The van der Waals surface area contributed by atoms with Crippen LogP contribution in [0.4, 0.5) is 21.5 Å². The number of likely N-dealkylation sites (tertiary alicyclic amines) is 1. The van der Waals surface area contributed by atoms with Crippen molar-refractivity contribution < 1.29 is 28.4 Å². The lowest BCUT2D eigenvalue weighted by Gasteiger charge is -2.41. The molecule has 46 heavy (non-hydrogen) atoms. The Kier molecular flexibility index (Phi) is 9.40. The largest absolute Gasteiger partial charge is 0.465 e. The van der Waals surface area contributed by atoms with Crippen molar-refractivity contribution in [3.05, 3.63) is 97.8 Å². The quantitative estimate of drug-likeness (QED) is 0.161. The highest BCUT2D eigenvalue weighted by molar-refractivity contribution is 6.31. The average Bonchev–Trinajstić information content (AvgIpc) is 3.26. The number of ether oxygens (including phenoxy) is 1. The van der Waals surface area contributed by atoms with Crippen LogP contribution in [0.2, 0.25) is 10.0 Å². The molecule has 0 spiro atoms. The van der Waals surface area contributed by atoms with E-state index in [-0.39, 0.29) is 34.3 Å². The Bertz CT molecular complexity index is 1720. The molecule has 2 amide bonds. The number of nitrogens with one attached hydrogen (secondary N) is 1. The number of methoxy groups -OCH3 is 1. The van der Waals surface area contributed by atoms with Crippen molar-refractivity contribution in [3.8, 4) is 0 Å². The van der Waals surface area contributed by atoms with Crippen molar-refractivity contribution in [1.29, 1.82) is 0 Å². The number of amides is 2. The van der Waals surface area contributed by atoms with E-state index >= 15 is 4.39 Å². The van der Waals surface area contributed by atoms with Gasteiger partial charge in [0.15, 0.2) is 0 Å². The van der Waals surface area contributed by atoms with Gasteiger partial charge in [0.2, 0.25) is 11.8 Å². The van der Waals surface area contributed by atoms with E-state index in [1.807, 2.05) is 18.7 Å². The van der Waals surface area contributed by atoms with Crippen molar-refractivity contribution >= 4 is 58.0 Å². The Morgan fingerprint density at radius 2 is 1.87 bits per heavy atom. The lowest BCUT2D eigenvalue weighted by molar-refractivity contribution is -0.384. The van der Waals surface area contributed by atoms with Crippen LogP contribution in [0.15, 0.2) is 60.7 Å². The summed E-state index contributed by atoms with van der Waals surface area (Å²) in [6.45, 7) is 6.16. The Balaban J connectivity index is 1.68. The number of benzene rings is 3. The zero-order chi connectivity index (χ0) is 33.5. The number of carbonyl (C=O) groups excluding carboxylic acids is 3. The molecule has 2 aliphatic heterocycles. The van der Waals surface area contributed by atoms with Gasteiger partial charge in [-0.1, -0.05) is 55.2 Å². The van der Waals surface area contributed by atoms with Crippen molar-refractivity contribution in [1.82, 2.24) is 4.90 Å². The van der Waals surface area contributed by atoms with E-state index < -0.39 is 57.6 Å². The van der Waals surface area contributed by atoms with Crippen molar-refractivity contribution in [2.75, 3.05) is 30.4 Å². The van der Waals surface area contributed by atoms with Gasteiger partial charge in [0.1, 0.15) is 17.0 Å². The lowest BCUT2D eigenvalue weighted by Crippen LogP contribution is -2.57. The Hall–Kier alpha value is -4.06. The Labute approximate surface area is 275 Å². The van der Waals surface area contributed by atoms with Gasteiger partial charge in [-0.2, -0.15) is 0 Å². The van der Waals surface area contributed by atoms with E-state index in [4.69, 9.17) is 27.9 Å². The number of hydrogen-bond donors (Lipinski definition) is 1. The van der Waals surface area contributed by atoms with Crippen LogP contribution in [0.1, 0.15) is 49.0 Å². The highest BCUT2D eigenvalue weighted by atomic mass is 35.5. The number of anilines is 2. The van der Waals surface area contributed by atoms with Crippen LogP contribution in [0, 0.1) is 27.8 Å². The molecule has 3 aromatic carbocycles. The second-order valence-corrected chi connectivity index (χ2v) is 12.9. The number of nitrogens with zero attached hydrogens (tertiary/aromatic N) is 3. The SMILES string of the molecule is COC(=O)c1ccc(N2CC[C@H]3[C@@H](C2=O)[C@H](c2cccc(Cl)c2F)[C@](C)(C(=O)Nc2cccc(Cl)c2)N3CC(C)C)c([N+](=O)[O-])c1. The number of carbonyl (C=O) groups is 3. The first-order valence-corrected chi connectivity index (χ1v) is 15.5. The number of nitro benzene ring substituents is 1. The van der Waals surface area contributed by atoms with Gasteiger partial charge < -0.3 is 15.0 Å². The maximum atomic E-state index is 16.0. The van der Waals surface area contributed by atoms with Gasteiger partial charge in [-0.15, -0.1) is 0 Å². The molecule has 1 N–H and O–H groups in total.